The Labute approximate surface area is 82.2 Å². The first kappa shape index (κ1) is 10.0. The molecule has 1 heterocycles. The molecule has 3 nitrogen and oxygen atoms in total. The molecule has 4 heteroatoms. The average molecular weight is 193 g/mol. The van der Waals surface area contributed by atoms with Crippen molar-refractivity contribution in [3.63, 3.8) is 0 Å². The first-order valence-corrected chi connectivity index (χ1v) is 5.18. The fourth-order valence-electron chi connectivity index (χ4n) is 0.847. The summed E-state index contributed by atoms with van der Waals surface area (Å²) in [5.41, 5.74) is 0. The summed E-state index contributed by atoms with van der Waals surface area (Å²) in [4.78, 5) is 7.92. The highest BCUT2D eigenvalue weighted by atomic mass is 32.2. The molecule has 0 aromatic carbocycles. The molecule has 1 rings (SSSR count). The zero-order chi connectivity index (χ0) is 9.36. The van der Waals surface area contributed by atoms with Crippen LogP contribution >= 0.6 is 11.8 Å². The maximum Gasteiger partial charge on any atom is 0.116 e. The second-order valence-corrected chi connectivity index (χ2v) is 3.63. The van der Waals surface area contributed by atoms with Gasteiger partial charge in [0.1, 0.15) is 6.33 Å². The Bertz CT molecular complexity index is 268. The Kier molecular flexibility index (Phi) is 4.95. The van der Waals surface area contributed by atoms with Crippen molar-refractivity contribution in [2.24, 2.45) is 0 Å². The van der Waals surface area contributed by atoms with Gasteiger partial charge < -0.3 is 0 Å². The van der Waals surface area contributed by atoms with Gasteiger partial charge in [0.25, 0.3) is 0 Å². The SMILES string of the molecule is N#CCCCCSc1ccncn1. The minimum Gasteiger partial charge on any atom is -0.245 e. The van der Waals surface area contributed by atoms with E-state index in [4.69, 9.17) is 5.26 Å². The van der Waals surface area contributed by atoms with Crippen molar-refractivity contribution < 1.29 is 0 Å². The normalized spacial score (nSPS) is 9.46. The van der Waals surface area contributed by atoms with E-state index in [0.29, 0.717) is 6.42 Å². The number of unbranched alkanes of at least 4 members (excludes halogenated alkanes) is 2. The Balaban J connectivity index is 2.11. The summed E-state index contributed by atoms with van der Waals surface area (Å²) < 4.78 is 0. The molecule has 0 aliphatic heterocycles. The third-order valence-electron chi connectivity index (χ3n) is 1.49. The number of nitriles is 1. The van der Waals surface area contributed by atoms with Crippen LogP contribution in [0.15, 0.2) is 23.6 Å². The first-order valence-electron chi connectivity index (χ1n) is 4.19. The highest BCUT2D eigenvalue weighted by molar-refractivity contribution is 7.99. The summed E-state index contributed by atoms with van der Waals surface area (Å²) in [6.07, 6.45) is 6.00. The van der Waals surface area contributed by atoms with Gasteiger partial charge in [-0.25, -0.2) is 9.97 Å². The Morgan fingerprint density at radius 1 is 1.46 bits per heavy atom. The molecule has 0 aliphatic rings. The molecule has 0 aliphatic carbocycles. The van der Waals surface area contributed by atoms with Crippen molar-refractivity contribution in [2.75, 3.05) is 5.75 Å². The quantitative estimate of drug-likeness (QED) is 0.409. The van der Waals surface area contributed by atoms with E-state index in [9.17, 15) is 0 Å². The van der Waals surface area contributed by atoms with E-state index >= 15 is 0 Å². The molecule has 0 saturated carbocycles. The fourth-order valence-corrected chi connectivity index (χ4v) is 1.68. The van der Waals surface area contributed by atoms with E-state index in [1.165, 1.54) is 0 Å². The lowest BCUT2D eigenvalue weighted by atomic mass is 10.3. The van der Waals surface area contributed by atoms with E-state index in [2.05, 4.69) is 16.0 Å². The highest BCUT2D eigenvalue weighted by Crippen LogP contribution is 2.15. The maximum absolute atomic E-state index is 8.31. The van der Waals surface area contributed by atoms with Crippen LogP contribution in [0.3, 0.4) is 0 Å². The lowest BCUT2D eigenvalue weighted by molar-refractivity contribution is 0.829. The molecular weight excluding hydrogens is 182 g/mol. The standard InChI is InChI=1S/C9H11N3S/c10-5-2-1-3-7-13-9-4-6-11-8-12-9/h4,6,8H,1-3,7H2. The van der Waals surface area contributed by atoms with Crippen LogP contribution < -0.4 is 0 Å². The number of aromatic nitrogens is 2. The van der Waals surface area contributed by atoms with E-state index in [0.717, 1.165) is 23.6 Å². The molecule has 0 spiro atoms. The molecule has 1 aromatic rings. The fraction of sp³-hybridized carbons (Fsp3) is 0.444. The van der Waals surface area contributed by atoms with Crippen LogP contribution in [0.2, 0.25) is 0 Å². The lowest BCUT2D eigenvalue weighted by Crippen LogP contribution is -1.83. The zero-order valence-electron chi connectivity index (χ0n) is 7.31. The Morgan fingerprint density at radius 3 is 3.08 bits per heavy atom. The van der Waals surface area contributed by atoms with Gasteiger partial charge in [0, 0.05) is 12.6 Å². The predicted molar refractivity (Wildman–Crippen MR) is 52.2 cm³/mol. The van der Waals surface area contributed by atoms with Crippen molar-refractivity contribution in [3.8, 4) is 6.07 Å². The van der Waals surface area contributed by atoms with E-state index in [-0.39, 0.29) is 0 Å². The summed E-state index contributed by atoms with van der Waals surface area (Å²) in [6.45, 7) is 0. The second kappa shape index (κ2) is 6.44. The van der Waals surface area contributed by atoms with Crippen molar-refractivity contribution in [3.05, 3.63) is 18.6 Å². The highest BCUT2D eigenvalue weighted by Gasteiger charge is 1.93. The predicted octanol–water partition coefficient (Wildman–Crippen LogP) is 2.26. The molecule has 1 aromatic heterocycles. The van der Waals surface area contributed by atoms with Crippen LogP contribution in [0.5, 0.6) is 0 Å². The molecule has 0 fully saturated rings. The summed E-state index contributed by atoms with van der Waals surface area (Å²) >= 11 is 1.71. The molecule has 0 bridgehead atoms. The van der Waals surface area contributed by atoms with Gasteiger partial charge in [-0.15, -0.1) is 11.8 Å². The summed E-state index contributed by atoms with van der Waals surface area (Å²) in [6, 6.07) is 4.03. The third kappa shape index (κ3) is 4.48. The van der Waals surface area contributed by atoms with Gasteiger partial charge in [-0.1, -0.05) is 0 Å². The summed E-state index contributed by atoms with van der Waals surface area (Å²) in [5, 5.41) is 9.31. The van der Waals surface area contributed by atoms with Crippen LogP contribution in [-0.4, -0.2) is 15.7 Å². The monoisotopic (exact) mass is 193 g/mol. The minimum atomic E-state index is 0.657. The van der Waals surface area contributed by atoms with Crippen molar-refractivity contribution >= 4 is 11.8 Å². The van der Waals surface area contributed by atoms with Crippen LogP contribution in [-0.2, 0) is 0 Å². The molecule has 0 unspecified atom stereocenters. The third-order valence-corrected chi connectivity index (χ3v) is 2.52. The lowest BCUT2D eigenvalue weighted by Gasteiger charge is -1.97. The topological polar surface area (TPSA) is 49.6 Å². The van der Waals surface area contributed by atoms with E-state index < -0.39 is 0 Å². The first-order chi connectivity index (χ1) is 6.43. The summed E-state index contributed by atoms with van der Waals surface area (Å²) in [7, 11) is 0. The van der Waals surface area contributed by atoms with Gasteiger partial charge in [0.05, 0.1) is 11.1 Å². The molecular formula is C9H11N3S. The van der Waals surface area contributed by atoms with Crippen LogP contribution in [0.25, 0.3) is 0 Å². The zero-order valence-corrected chi connectivity index (χ0v) is 8.13. The second-order valence-electron chi connectivity index (χ2n) is 2.51. The van der Waals surface area contributed by atoms with Gasteiger partial charge >= 0.3 is 0 Å². The van der Waals surface area contributed by atoms with Crippen LogP contribution in [0.1, 0.15) is 19.3 Å². The van der Waals surface area contributed by atoms with Gasteiger partial charge in [0.15, 0.2) is 0 Å². The van der Waals surface area contributed by atoms with Gasteiger partial charge in [0.2, 0.25) is 0 Å². The smallest absolute Gasteiger partial charge is 0.116 e. The number of nitrogens with zero attached hydrogens (tertiary/aromatic N) is 3. The Hall–Kier alpha value is -1.08. The number of hydrogen-bond donors (Lipinski definition) is 0. The van der Waals surface area contributed by atoms with Crippen molar-refractivity contribution in [1.82, 2.24) is 9.97 Å². The largest absolute Gasteiger partial charge is 0.245 e. The van der Waals surface area contributed by atoms with Crippen LogP contribution in [0, 0.1) is 11.3 Å². The van der Waals surface area contributed by atoms with E-state index in [1.54, 1.807) is 24.3 Å². The van der Waals surface area contributed by atoms with Gasteiger partial charge in [-0.3, -0.25) is 0 Å². The Morgan fingerprint density at radius 2 is 2.38 bits per heavy atom. The summed E-state index contributed by atoms with van der Waals surface area (Å²) in [5.74, 6) is 1.03. The van der Waals surface area contributed by atoms with Crippen molar-refractivity contribution in [1.29, 1.82) is 5.26 Å². The molecule has 13 heavy (non-hydrogen) atoms. The minimum absolute atomic E-state index is 0.657. The van der Waals surface area contributed by atoms with Gasteiger partial charge in [-0.2, -0.15) is 5.26 Å². The molecule has 0 N–H and O–H groups in total. The number of hydrogen-bond acceptors (Lipinski definition) is 4. The van der Waals surface area contributed by atoms with E-state index in [1.807, 2.05) is 6.07 Å². The number of rotatable bonds is 5. The molecule has 0 atom stereocenters. The van der Waals surface area contributed by atoms with Crippen molar-refractivity contribution in [2.45, 2.75) is 24.3 Å². The molecule has 0 saturated heterocycles. The molecule has 68 valence electrons. The number of thioether (sulfide) groups is 1. The average Bonchev–Trinajstić information content (AvgIpc) is 2.19. The molecule has 0 radical (unpaired) electrons. The molecule has 0 amide bonds. The van der Waals surface area contributed by atoms with Gasteiger partial charge in [-0.05, 0) is 24.7 Å². The maximum atomic E-state index is 8.31. The van der Waals surface area contributed by atoms with Crippen LogP contribution in [0.4, 0.5) is 0 Å².